The lowest BCUT2D eigenvalue weighted by molar-refractivity contribution is 0.164. The number of nitrogens with one attached hydrogen (secondary N) is 1. The number of halogens is 1. The molecule has 2 rings (SSSR count). The van der Waals surface area contributed by atoms with Gasteiger partial charge in [-0.2, -0.15) is 0 Å². The van der Waals surface area contributed by atoms with Crippen molar-refractivity contribution in [2.75, 3.05) is 11.9 Å². The Balaban J connectivity index is 1.91. The van der Waals surface area contributed by atoms with Gasteiger partial charge >= 0.3 is 0 Å². The van der Waals surface area contributed by atoms with Gasteiger partial charge in [-0.25, -0.2) is 9.97 Å². The van der Waals surface area contributed by atoms with Crippen LogP contribution < -0.4 is 5.32 Å². The van der Waals surface area contributed by atoms with E-state index in [-0.39, 0.29) is 6.10 Å². The van der Waals surface area contributed by atoms with Gasteiger partial charge in [-0.15, -0.1) is 0 Å². The molecule has 4 nitrogen and oxygen atoms in total. The van der Waals surface area contributed by atoms with E-state index in [0.717, 1.165) is 35.6 Å². The van der Waals surface area contributed by atoms with Crippen molar-refractivity contribution in [3.8, 4) is 0 Å². The zero-order valence-corrected chi connectivity index (χ0v) is 11.6. The van der Waals surface area contributed by atoms with E-state index in [1.165, 1.54) is 12.8 Å². The fourth-order valence-electron chi connectivity index (χ4n) is 1.62. The lowest BCUT2D eigenvalue weighted by Gasteiger charge is -2.10. The number of hydrogen-bond donors (Lipinski definition) is 2. The highest BCUT2D eigenvalue weighted by Gasteiger charge is 2.27. The summed E-state index contributed by atoms with van der Waals surface area (Å²) >= 11 is 3.40. The topological polar surface area (TPSA) is 58.0 Å². The lowest BCUT2D eigenvalue weighted by atomic mass is 10.2. The van der Waals surface area contributed by atoms with Gasteiger partial charge in [0.15, 0.2) is 0 Å². The molecule has 0 saturated heterocycles. The summed E-state index contributed by atoms with van der Waals surface area (Å²) in [6.45, 7) is 2.72. The number of nitrogens with zero attached hydrogens (tertiary/aromatic N) is 2. The number of aliphatic hydroxyl groups is 1. The zero-order valence-electron chi connectivity index (χ0n) is 9.99. The van der Waals surface area contributed by atoms with Crippen molar-refractivity contribution in [1.82, 2.24) is 9.97 Å². The number of aromatic nitrogens is 2. The molecule has 0 aromatic carbocycles. The maximum absolute atomic E-state index is 9.46. The highest BCUT2D eigenvalue weighted by atomic mass is 79.9. The van der Waals surface area contributed by atoms with Crippen molar-refractivity contribution < 1.29 is 5.11 Å². The van der Waals surface area contributed by atoms with Crippen LogP contribution in [0.4, 0.5) is 5.82 Å². The Hall–Kier alpha value is -0.680. The zero-order chi connectivity index (χ0) is 12.3. The third-order valence-corrected chi connectivity index (χ3v) is 3.32. The first-order chi connectivity index (χ1) is 8.19. The molecule has 17 heavy (non-hydrogen) atoms. The molecular weight excluding hydrogens is 282 g/mol. The summed E-state index contributed by atoms with van der Waals surface area (Å²) in [6.07, 6.45) is 3.71. The first-order valence-corrected chi connectivity index (χ1v) is 6.94. The Labute approximate surface area is 110 Å². The Morgan fingerprint density at radius 1 is 1.53 bits per heavy atom. The van der Waals surface area contributed by atoms with Crippen molar-refractivity contribution in [2.24, 2.45) is 0 Å². The molecule has 94 valence electrons. The van der Waals surface area contributed by atoms with E-state index in [9.17, 15) is 5.11 Å². The van der Waals surface area contributed by atoms with Gasteiger partial charge < -0.3 is 10.4 Å². The third-order valence-electron chi connectivity index (χ3n) is 2.91. The van der Waals surface area contributed by atoms with Gasteiger partial charge in [0.25, 0.3) is 0 Å². The molecule has 1 atom stereocenters. The third kappa shape index (κ3) is 3.92. The van der Waals surface area contributed by atoms with Gasteiger partial charge in [-0.05, 0) is 41.6 Å². The molecule has 1 aliphatic rings. The van der Waals surface area contributed by atoms with Crippen LogP contribution in [-0.4, -0.2) is 27.7 Å². The average molecular weight is 300 g/mol. The second-order valence-electron chi connectivity index (χ2n) is 4.49. The molecule has 1 fully saturated rings. The number of aliphatic hydroxyl groups excluding tert-OH is 1. The van der Waals surface area contributed by atoms with E-state index in [0.29, 0.717) is 5.92 Å². The normalized spacial score (nSPS) is 16.9. The number of rotatable bonds is 6. The van der Waals surface area contributed by atoms with Crippen LogP contribution in [0.5, 0.6) is 0 Å². The first-order valence-electron chi connectivity index (χ1n) is 6.15. The standard InChI is InChI=1S/C12H18BrN3O/c1-2-9(17)5-6-14-11-7-10(13)15-12(16-11)8-3-4-8/h7-9,17H,2-6H2,1H3,(H,14,15,16). The molecule has 0 spiro atoms. The van der Waals surface area contributed by atoms with Crippen LogP contribution in [0.1, 0.15) is 44.3 Å². The summed E-state index contributed by atoms with van der Waals surface area (Å²) in [6, 6.07) is 1.88. The lowest BCUT2D eigenvalue weighted by Crippen LogP contribution is -2.13. The fourth-order valence-corrected chi connectivity index (χ4v) is 2.02. The summed E-state index contributed by atoms with van der Waals surface area (Å²) in [4.78, 5) is 8.86. The molecule has 0 radical (unpaired) electrons. The molecule has 0 aliphatic heterocycles. The van der Waals surface area contributed by atoms with Crippen molar-refractivity contribution in [2.45, 2.75) is 44.6 Å². The second kappa shape index (κ2) is 5.78. The minimum atomic E-state index is -0.226. The monoisotopic (exact) mass is 299 g/mol. The van der Waals surface area contributed by atoms with Crippen LogP contribution in [0.15, 0.2) is 10.7 Å². The Bertz CT molecular complexity index is 382. The van der Waals surface area contributed by atoms with Crippen LogP contribution in [-0.2, 0) is 0 Å². The largest absolute Gasteiger partial charge is 0.393 e. The molecule has 5 heteroatoms. The van der Waals surface area contributed by atoms with E-state index < -0.39 is 0 Å². The Morgan fingerprint density at radius 2 is 2.29 bits per heavy atom. The number of hydrogen-bond acceptors (Lipinski definition) is 4. The SMILES string of the molecule is CCC(O)CCNc1cc(Br)nc(C2CC2)n1. The number of anilines is 1. The molecule has 1 aliphatic carbocycles. The molecule has 2 N–H and O–H groups in total. The maximum Gasteiger partial charge on any atom is 0.135 e. The molecule has 1 aromatic heterocycles. The van der Waals surface area contributed by atoms with Crippen LogP contribution >= 0.6 is 15.9 Å². The maximum atomic E-state index is 9.46. The molecule has 0 amide bonds. The van der Waals surface area contributed by atoms with Crippen LogP contribution in [0, 0.1) is 0 Å². The van der Waals surface area contributed by atoms with E-state index in [4.69, 9.17) is 0 Å². The molecule has 1 aromatic rings. The average Bonchev–Trinajstić information content (AvgIpc) is 3.12. The summed E-state index contributed by atoms with van der Waals surface area (Å²) in [5.41, 5.74) is 0. The van der Waals surface area contributed by atoms with Crippen molar-refractivity contribution in [1.29, 1.82) is 0 Å². The van der Waals surface area contributed by atoms with Crippen molar-refractivity contribution in [3.63, 3.8) is 0 Å². The molecule has 1 heterocycles. The van der Waals surface area contributed by atoms with E-state index in [1.54, 1.807) is 0 Å². The van der Waals surface area contributed by atoms with Crippen molar-refractivity contribution >= 4 is 21.7 Å². The smallest absolute Gasteiger partial charge is 0.135 e. The van der Waals surface area contributed by atoms with Gasteiger partial charge in [-0.1, -0.05) is 6.92 Å². The van der Waals surface area contributed by atoms with Gasteiger partial charge in [0.1, 0.15) is 16.2 Å². The van der Waals surface area contributed by atoms with E-state index >= 15 is 0 Å². The van der Waals surface area contributed by atoms with Crippen molar-refractivity contribution in [3.05, 3.63) is 16.5 Å². The quantitative estimate of drug-likeness (QED) is 0.793. The summed E-state index contributed by atoms with van der Waals surface area (Å²) < 4.78 is 0.827. The highest BCUT2D eigenvalue weighted by Crippen LogP contribution is 2.38. The van der Waals surface area contributed by atoms with Gasteiger partial charge in [0, 0.05) is 18.5 Å². The van der Waals surface area contributed by atoms with E-state index in [2.05, 4.69) is 31.2 Å². The molecule has 0 bridgehead atoms. The highest BCUT2D eigenvalue weighted by molar-refractivity contribution is 9.10. The second-order valence-corrected chi connectivity index (χ2v) is 5.30. The van der Waals surface area contributed by atoms with Gasteiger partial charge in [0.05, 0.1) is 6.10 Å². The molecule has 1 saturated carbocycles. The molecule has 1 unspecified atom stereocenters. The fraction of sp³-hybridized carbons (Fsp3) is 0.667. The predicted octanol–water partition coefficient (Wildman–Crippen LogP) is 2.69. The van der Waals surface area contributed by atoms with Gasteiger partial charge in [0.2, 0.25) is 0 Å². The Kier molecular flexibility index (Phi) is 4.34. The van der Waals surface area contributed by atoms with Gasteiger partial charge in [-0.3, -0.25) is 0 Å². The minimum Gasteiger partial charge on any atom is -0.393 e. The minimum absolute atomic E-state index is 0.226. The Morgan fingerprint density at radius 3 is 2.94 bits per heavy atom. The first kappa shape index (κ1) is 12.8. The van der Waals surface area contributed by atoms with Crippen LogP contribution in [0.25, 0.3) is 0 Å². The van der Waals surface area contributed by atoms with Crippen LogP contribution in [0.3, 0.4) is 0 Å². The summed E-state index contributed by atoms with van der Waals surface area (Å²) in [7, 11) is 0. The molecular formula is C12H18BrN3O. The van der Waals surface area contributed by atoms with E-state index in [1.807, 2.05) is 13.0 Å². The summed E-state index contributed by atoms with van der Waals surface area (Å²) in [5.74, 6) is 2.32. The van der Waals surface area contributed by atoms with Crippen LogP contribution in [0.2, 0.25) is 0 Å². The summed E-state index contributed by atoms with van der Waals surface area (Å²) in [5, 5.41) is 12.7. The predicted molar refractivity (Wildman–Crippen MR) is 71.1 cm³/mol.